The normalized spacial score (nSPS) is 16.2. The standard InChI is InChI=1S/C12H24O3S/c1-9(2)7-16-12(5,10(13)14)8-11(3,4)15-6/h9H,7-8H2,1-6H3,(H,13,14). The summed E-state index contributed by atoms with van der Waals surface area (Å²) in [5, 5.41) is 9.33. The second-order valence-electron chi connectivity index (χ2n) is 5.38. The van der Waals surface area contributed by atoms with Crippen LogP contribution in [0.1, 0.15) is 41.0 Å². The summed E-state index contributed by atoms with van der Waals surface area (Å²) in [5.74, 6) is 0.584. The molecular formula is C12H24O3S. The SMILES string of the molecule is COC(C)(C)CC(C)(SCC(C)C)C(=O)O. The van der Waals surface area contributed by atoms with Crippen LogP contribution in [-0.2, 0) is 9.53 Å². The molecule has 0 fully saturated rings. The molecular weight excluding hydrogens is 224 g/mol. The number of methoxy groups -OCH3 is 1. The molecule has 0 heterocycles. The molecule has 0 aliphatic heterocycles. The Balaban J connectivity index is 4.64. The Labute approximate surface area is 103 Å². The highest BCUT2D eigenvalue weighted by atomic mass is 32.2. The number of carbonyl (C=O) groups is 1. The van der Waals surface area contributed by atoms with Gasteiger partial charge in [-0.2, -0.15) is 0 Å². The molecule has 0 aromatic carbocycles. The Hall–Kier alpha value is -0.220. The zero-order chi connectivity index (χ0) is 13.0. The molecule has 0 radical (unpaired) electrons. The van der Waals surface area contributed by atoms with Gasteiger partial charge in [0.15, 0.2) is 0 Å². The van der Waals surface area contributed by atoms with Gasteiger partial charge >= 0.3 is 5.97 Å². The Morgan fingerprint density at radius 1 is 1.38 bits per heavy atom. The van der Waals surface area contributed by atoms with E-state index < -0.39 is 16.3 Å². The second-order valence-corrected chi connectivity index (χ2v) is 6.90. The zero-order valence-electron chi connectivity index (χ0n) is 11.2. The molecule has 1 unspecified atom stereocenters. The van der Waals surface area contributed by atoms with Crippen molar-refractivity contribution in [2.24, 2.45) is 5.92 Å². The second kappa shape index (κ2) is 5.92. The first kappa shape index (κ1) is 15.8. The highest BCUT2D eigenvalue weighted by Gasteiger charge is 2.39. The quantitative estimate of drug-likeness (QED) is 0.752. The van der Waals surface area contributed by atoms with Crippen molar-refractivity contribution in [2.75, 3.05) is 12.9 Å². The van der Waals surface area contributed by atoms with Gasteiger partial charge in [-0.25, -0.2) is 0 Å². The molecule has 0 aromatic rings. The summed E-state index contributed by atoms with van der Waals surface area (Å²) >= 11 is 1.50. The van der Waals surface area contributed by atoms with Gasteiger partial charge < -0.3 is 9.84 Å². The number of aliphatic carboxylic acids is 1. The fourth-order valence-electron chi connectivity index (χ4n) is 1.42. The number of thioether (sulfide) groups is 1. The van der Waals surface area contributed by atoms with Crippen molar-refractivity contribution in [1.82, 2.24) is 0 Å². The van der Waals surface area contributed by atoms with Crippen molar-refractivity contribution in [3.8, 4) is 0 Å². The first-order valence-electron chi connectivity index (χ1n) is 5.55. The van der Waals surface area contributed by atoms with Gasteiger partial charge in [0.05, 0.1) is 5.60 Å². The highest BCUT2D eigenvalue weighted by molar-refractivity contribution is 8.01. The van der Waals surface area contributed by atoms with Crippen LogP contribution in [0, 0.1) is 5.92 Å². The Morgan fingerprint density at radius 3 is 2.19 bits per heavy atom. The molecule has 0 aliphatic carbocycles. The molecule has 1 N–H and O–H groups in total. The third kappa shape index (κ3) is 5.21. The van der Waals surface area contributed by atoms with Crippen LogP contribution in [0.4, 0.5) is 0 Å². The van der Waals surface area contributed by atoms with Crippen LogP contribution in [0.5, 0.6) is 0 Å². The summed E-state index contributed by atoms with van der Waals surface area (Å²) < 4.78 is 4.54. The summed E-state index contributed by atoms with van der Waals surface area (Å²) in [6.45, 7) is 9.81. The van der Waals surface area contributed by atoms with E-state index in [2.05, 4.69) is 13.8 Å². The minimum absolute atomic E-state index is 0.406. The molecule has 0 saturated heterocycles. The molecule has 0 aliphatic rings. The molecule has 16 heavy (non-hydrogen) atoms. The maximum Gasteiger partial charge on any atom is 0.319 e. The fraction of sp³-hybridized carbons (Fsp3) is 0.917. The number of hydrogen-bond acceptors (Lipinski definition) is 3. The van der Waals surface area contributed by atoms with E-state index in [0.29, 0.717) is 12.3 Å². The number of carboxylic acids is 1. The predicted molar refractivity (Wildman–Crippen MR) is 69.0 cm³/mol. The van der Waals surface area contributed by atoms with E-state index in [1.54, 1.807) is 14.0 Å². The summed E-state index contributed by atoms with van der Waals surface area (Å²) in [5.41, 5.74) is -0.406. The van der Waals surface area contributed by atoms with E-state index in [1.807, 2.05) is 13.8 Å². The number of hydrogen-bond donors (Lipinski definition) is 1. The van der Waals surface area contributed by atoms with Gasteiger partial charge in [0.1, 0.15) is 4.75 Å². The summed E-state index contributed by atoms with van der Waals surface area (Å²) in [6, 6.07) is 0. The summed E-state index contributed by atoms with van der Waals surface area (Å²) in [6.07, 6.45) is 0.503. The molecule has 4 heteroatoms. The van der Waals surface area contributed by atoms with Crippen molar-refractivity contribution in [1.29, 1.82) is 0 Å². The highest BCUT2D eigenvalue weighted by Crippen LogP contribution is 2.36. The van der Waals surface area contributed by atoms with Crippen LogP contribution in [-0.4, -0.2) is 34.3 Å². The summed E-state index contributed by atoms with van der Waals surface area (Å²) in [4.78, 5) is 11.4. The molecule has 0 rings (SSSR count). The monoisotopic (exact) mass is 248 g/mol. The van der Waals surface area contributed by atoms with Gasteiger partial charge in [0, 0.05) is 13.5 Å². The molecule has 0 spiro atoms. The Kier molecular flexibility index (Phi) is 5.84. The van der Waals surface area contributed by atoms with Gasteiger partial charge in [-0.05, 0) is 32.4 Å². The van der Waals surface area contributed by atoms with Crippen molar-refractivity contribution >= 4 is 17.7 Å². The van der Waals surface area contributed by atoms with Gasteiger partial charge in [-0.3, -0.25) is 4.79 Å². The van der Waals surface area contributed by atoms with Gasteiger partial charge in [-0.1, -0.05) is 13.8 Å². The van der Waals surface area contributed by atoms with Crippen LogP contribution in [0.3, 0.4) is 0 Å². The topological polar surface area (TPSA) is 46.5 Å². The molecule has 3 nitrogen and oxygen atoms in total. The average molecular weight is 248 g/mol. The van der Waals surface area contributed by atoms with Gasteiger partial charge in [-0.15, -0.1) is 11.8 Å². The molecule has 0 aromatic heterocycles. The number of carboxylic acid groups (broad SMARTS) is 1. The lowest BCUT2D eigenvalue weighted by Crippen LogP contribution is -2.41. The molecule has 0 amide bonds. The summed E-state index contributed by atoms with van der Waals surface area (Å²) in [7, 11) is 1.62. The average Bonchev–Trinajstić information content (AvgIpc) is 2.14. The minimum atomic E-state index is -0.774. The zero-order valence-corrected chi connectivity index (χ0v) is 12.0. The van der Waals surface area contributed by atoms with E-state index in [1.165, 1.54) is 11.8 Å². The van der Waals surface area contributed by atoms with Crippen molar-refractivity contribution in [3.05, 3.63) is 0 Å². The molecule has 0 bridgehead atoms. The van der Waals surface area contributed by atoms with E-state index in [9.17, 15) is 9.90 Å². The van der Waals surface area contributed by atoms with E-state index in [0.717, 1.165) is 5.75 Å². The lowest BCUT2D eigenvalue weighted by atomic mass is 9.94. The molecule has 96 valence electrons. The third-order valence-corrected chi connectivity index (χ3v) is 4.29. The lowest BCUT2D eigenvalue weighted by molar-refractivity contribution is -0.141. The Bertz CT molecular complexity index is 238. The third-order valence-electron chi connectivity index (χ3n) is 2.50. The van der Waals surface area contributed by atoms with Gasteiger partial charge in [0.2, 0.25) is 0 Å². The first-order valence-corrected chi connectivity index (χ1v) is 6.54. The van der Waals surface area contributed by atoms with Gasteiger partial charge in [0.25, 0.3) is 0 Å². The van der Waals surface area contributed by atoms with Crippen LogP contribution in [0.15, 0.2) is 0 Å². The van der Waals surface area contributed by atoms with Crippen LogP contribution < -0.4 is 0 Å². The largest absolute Gasteiger partial charge is 0.480 e. The number of rotatable bonds is 7. The van der Waals surface area contributed by atoms with Crippen LogP contribution in [0.2, 0.25) is 0 Å². The van der Waals surface area contributed by atoms with Crippen molar-refractivity contribution in [2.45, 2.75) is 51.4 Å². The van der Waals surface area contributed by atoms with Crippen molar-refractivity contribution in [3.63, 3.8) is 0 Å². The van der Waals surface area contributed by atoms with E-state index in [4.69, 9.17) is 4.74 Å². The minimum Gasteiger partial charge on any atom is -0.480 e. The maximum absolute atomic E-state index is 11.4. The molecule has 1 atom stereocenters. The smallest absolute Gasteiger partial charge is 0.319 e. The number of ether oxygens (including phenoxy) is 1. The first-order chi connectivity index (χ1) is 7.13. The van der Waals surface area contributed by atoms with Crippen molar-refractivity contribution < 1.29 is 14.6 Å². The fourth-order valence-corrected chi connectivity index (χ4v) is 2.70. The molecule has 0 saturated carbocycles. The Morgan fingerprint density at radius 2 is 1.88 bits per heavy atom. The van der Waals surface area contributed by atoms with E-state index >= 15 is 0 Å². The maximum atomic E-state index is 11.4. The lowest BCUT2D eigenvalue weighted by Gasteiger charge is -2.33. The predicted octanol–water partition coefficient (Wildman–Crippen LogP) is 3.03. The van der Waals surface area contributed by atoms with Crippen LogP contribution in [0.25, 0.3) is 0 Å². The van der Waals surface area contributed by atoms with E-state index in [-0.39, 0.29) is 0 Å². The van der Waals surface area contributed by atoms with Crippen LogP contribution >= 0.6 is 11.8 Å².